The predicted molar refractivity (Wildman–Crippen MR) is 146 cm³/mol. The number of nitrogens with two attached hydrogens (primary N) is 2. The van der Waals surface area contributed by atoms with Crippen LogP contribution >= 0.6 is 0 Å². The molecule has 192 valence electrons. The lowest BCUT2D eigenvalue weighted by atomic mass is 10.2. The number of hydrogen-bond donors (Lipinski definition) is 4. The van der Waals surface area contributed by atoms with Crippen molar-refractivity contribution in [2.75, 3.05) is 20.9 Å². The van der Waals surface area contributed by atoms with Crippen LogP contribution in [-0.2, 0) is 20.0 Å². The van der Waals surface area contributed by atoms with Crippen molar-refractivity contribution in [2.45, 2.75) is 9.79 Å². The van der Waals surface area contributed by atoms with Crippen LogP contribution in [0.25, 0.3) is 0 Å². The molecule has 0 aromatic heterocycles. The summed E-state index contributed by atoms with van der Waals surface area (Å²) in [7, 11) is -7.28. The SMILES string of the molecule is N#Cc1ccc(NS(=O)(=O)c2ccc(N)cc2)cc1.N#Cc1ccc(NS(=O)(=O)c2ccc(N)cc2)cc1. The molecule has 0 amide bonds. The highest BCUT2D eigenvalue weighted by Gasteiger charge is 2.14. The number of sulfonamides is 2. The summed E-state index contributed by atoms with van der Waals surface area (Å²) in [6.07, 6.45) is 0. The van der Waals surface area contributed by atoms with Gasteiger partial charge in [0.15, 0.2) is 0 Å². The monoisotopic (exact) mass is 546 g/mol. The first-order valence-corrected chi connectivity index (χ1v) is 13.8. The van der Waals surface area contributed by atoms with Crippen LogP contribution < -0.4 is 20.9 Å². The molecule has 0 aliphatic rings. The van der Waals surface area contributed by atoms with Crippen LogP contribution in [0.5, 0.6) is 0 Å². The molecule has 4 aromatic carbocycles. The lowest BCUT2D eigenvalue weighted by molar-refractivity contribution is 0.599. The standard InChI is InChI=1S/2C13H11N3O2S/c2*14-9-10-1-5-12(6-2-10)16-19(17,18)13-7-3-11(15)4-8-13/h2*1-8,16H,15H2. The van der Waals surface area contributed by atoms with Gasteiger partial charge < -0.3 is 11.5 Å². The molecule has 4 aromatic rings. The van der Waals surface area contributed by atoms with Crippen LogP contribution in [0.1, 0.15) is 11.1 Å². The molecule has 0 heterocycles. The van der Waals surface area contributed by atoms with Crippen LogP contribution in [0.2, 0.25) is 0 Å². The lowest BCUT2D eigenvalue weighted by Crippen LogP contribution is -2.12. The van der Waals surface area contributed by atoms with Crippen molar-refractivity contribution in [3.63, 3.8) is 0 Å². The number of nitriles is 2. The van der Waals surface area contributed by atoms with Crippen molar-refractivity contribution in [3.05, 3.63) is 108 Å². The van der Waals surface area contributed by atoms with Crippen LogP contribution in [0.3, 0.4) is 0 Å². The summed E-state index contributed by atoms with van der Waals surface area (Å²) >= 11 is 0. The number of nitrogen functional groups attached to an aromatic ring is 2. The smallest absolute Gasteiger partial charge is 0.261 e. The highest BCUT2D eigenvalue weighted by Crippen LogP contribution is 2.19. The average molecular weight is 547 g/mol. The third-order valence-corrected chi connectivity index (χ3v) is 7.71. The average Bonchev–Trinajstić information content (AvgIpc) is 2.90. The van der Waals surface area contributed by atoms with Gasteiger partial charge in [-0.25, -0.2) is 16.8 Å². The molecule has 0 saturated carbocycles. The van der Waals surface area contributed by atoms with E-state index in [2.05, 4.69) is 9.44 Å². The molecule has 38 heavy (non-hydrogen) atoms. The Labute approximate surface area is 220 Å². The minimum atomic E-state index is -3.64. The highest BCUT2D eigenvalue weighted by molar-refractivity contribution is 7.93. The molecule has 0 radical (unpaired) electrons. The minimum absolute atomic E-state index is 0.131. The van der Waals surface area contributed by atoms with Crippen molar-refractivity contribution in [1.82, 2.24) is 0 Å². The van der Waals surface area contributed by atoms with Crippen LogP contribution in [0.4, 0.5) is 22.7 Å². The summed E-state index contributed by atoms with van der Waals surface area (Å²) in [6, 6.07) is 28.1. The maximum atomic E-state index is 12.1. The second kappa shape index (κ2) is 11.8. The second-order valence-corrected chi connectivity index (χ2v) is 11.1. The van der Waals surface area contributed by atoms with Crippen molar-refractivity contribution < 1.29 is 16.8 Å². The number of anilines is 4. The third kappa shape index (κ3) is 7.48. The first kappa shape index (κ1) is 27.5. The number of rotatable bonds is 6. The zero-order valence-electron chi connectivity index (χ0n) is 19.7. The Balaban J connectivity index is 0.000000211. The Hall–Kier alpha value is -5.04. The first-order chi connectivity index (χ1) is 18.0. The molecule has 12 heteroatoms. The fourth-order valence-corrected chi connectivity index (χ4v) is 5.06. The van der Waals surface area contributed by atoms with Crippen molar-refractivity contribution in [3.8, 4) is 12.1 Å². The summed E-state index contributed by atoms with van der Waals surface area (Å²) in [5.41, 5.74) is 13.7. The second-order valence-electron chi connectivity index (χ2n) is 7.73. The summed E-state index contributed by atoms with van der Waals surface area (Å²) in [6.45, 7) is 0. The van der Waals surface area contributed by atoms with Gasteiger partial charge in [-0.15, -0.1) is 0 Å². The topological polar surface area (TPSA) is 192 Å². The van der Waals surface area contributed by atoms with Gasteiger partial charge in [0, 0.05) is 22.7 Å². The molecule has 0 saturated heterocycles. The van der Waals surface area contributed by atoms with Gasteiger partial charge in [0.1, 0.15) is 0 Å². The Bertz CT molecular complexity index is 1560. The van der Waals surface area contributed by atoms with Crippen LogP contribution in [0, 0.1) is 22.7 Å². The maximum Gasteiger partial charge on any atom is 0.261 e. The molecule has 0 unspecified atom stereocenters. The summed E-state index contributed by atoms with van der Waals surface area (Å²) in [5.74, 6) is 0. The number of nitrogens with zero attached hydrogens (tertiary/aromatic N) is 2. The molecule has 0 bridgehead atoms. The molecule has 6 N–H and O–H groups in total. The number of nitrogens with one attached hydrogen (secondary N) is 2. The van der Waals surface area contributed by atoms with Gasteiger partial charge in [0.05, 0.1) is 33.1 Å². The molecule has 0 atom stereocenters. The molecular formula is C26H22N6O4S2. The number of benzene rings is 4. The fourth-order valence-electron chi connectivity index (χ4n) is 2.95. The van der Waals surface area contributed by atoms with Gasteiger partial charge in [-0.2, -0.15) is 10.5 Å². The van der Waals surface area contributed by atoms with E-state index in [1.54, 1.807) is 24.3 Å². The number of hydrogen-bond acceptors (Lipinski definition) is 8. The molecular weight excluding hydrogens is 524 g/mol. The van der Waals surface area contributed by atoms with E-state index in [9.17, 15) is 16.8 Å². The Morgan fingerprint density at radius 3 is 1.05 bits per heavy atom. The lowest BCUT2D eigenvalue weighted by Gasteiger charge is -2.08. The van der Waals surface area contributed by atoms with E-state index in [1.165, 1.54) is 72.8 Å². The van der Waals surface area contributed by atoms with E-state index in [1.807, 2.05) is 12.1 Å². The molecule has 0 aliphatic carbocycles. The van der Waals surface area contributed by atoms with Crippen molar-refractivity contribution >= 4 is 42.8 Å². The van der Waals surface area contributed by atoms with E-state index < -0.39 is 20.0 Å². The van der Waals surface area contributed by atoms with Gasteiger partial charge in [0.25, 0.3) is 20.0 Å². The van der Waals surface area contributed by atoms with Crippen LogP contribution in [0.15, 0.2) is 107 Å². The Morgan fingerprint density at radius 1 is 0.500 bits per heavy atom. The fraction of sp³-hybridized carbons (Fsp3) is 0. The largest absolute Gasteiger partial charge is 0.399 e. The van der Waals surface area contributed by atoms with E-state index in [-0.39, 0.29) is 9.79 Å². The quantitative estimate of drug-likeness (QED) is 0.262. The zero-order chi connectivity index (χ0) is 27.8. The molecule has 0 aliphatic heterocycles. The Kier molecular flexibility index (Phi) is 8.55. The first-order valence-electron chi connectivity index (χ1n) is 10.8. The van der Waals surface area contributed by atoms with Gasteiger partial charge in [-0.1, -0.05) is 0 Å². The summed E-state index contributed by atoms with van der Waals surface area (Å²) in [5, 5.41) is 17.3. The van der Waals surface area contributed by atoms with E-state index in [0.29, 0.717) is 33.9 Å². The predicted octanol–water partition coefficient (Wildman–Crippen LogP) is 3.88. The summed E-state index contributed by atoms with van der Waals surface area (Å²) < 4.78 is 53.1. The minimum Gasteiger partial charge on any atom is -0.399 e. The van der Waals surface area contributed by atoms with Crippen LogP contribution in [-0.4, -0.2) is 16.8 Å². The van der Waals surface area contributed by atoms with Gasteiger partial charge in [-0.05, 0) is 97.1 Å². The van der Waals surface area contributed by atoms with E-state index in [0.717, 1.165) is 0 Å². The van der Waals surface area contributed by atoms with Crippen molar-refractivity contribution in [2.24, 2.45) is 0 Å². The molecule has 0 spiro atoms. The normalized spacial score (nSPS) is 10.7. The van der Waals surface area contributed by atoms with Gasteiger partial charge in [-0.3, -0.25) is 9.44 Å². The highest BCUT2D eigenvalue weighted by atomic mass is 32.2. The zero-order valence-corrected chi connectivity index (χ0v) is 21.4. The molecule has 4 rings (SSSR count). The van der Waals surface area contributed by atoms with Gasteiger partial charge in [0.2, 0.25) is 0 Å². The Morgan fingerprint density at radius 2 is 0.789 bits per heavy atom. The van der Waals surface area contributed by atoms with Crippen molar-refractivity contribution in [1.29, 1.82) is 10.5 Å². The van der Waals surface area contributed by atoms with Gasteiger partial charge >= 0.3 is 0 Å². The maximum absolute atomic E-state index is 12.1. The molecule has 0 fully saturated rings. The summed E-state index contributed by atoms with van der Waals surface area (Å²) in [4.78, 5) is 0.261. The van der Waals surface area contributed by atoms with E-state index in [4.69, 9.17) is 22.0 Å². The van der Waals surface area contributed by atoms with E-state index >= 15 is 0 Å². The molecule has 10 nitrogen and oxygen atoms in total. The third-order valence-electron chi connectivity index (χ3n) is 4.91.